The molecule has 0 unspecified atom stereocenters. The fourth-order valence-electron chi connectivity index (χ4n) is 3.55. The number of ether oxygens (including phenoxy) is 2. The maximum absolute atomic E-state index is 13.4. The molecule has 0 bridgehead atoms. The predicted octanol–water partition coefficient (Wildman–Crippen LogP) is 2.20. The number of carbonyl (C=O) groups is 5. The van der Waals surface area contributed by atoms with Crippen molar-refractivity contribution < 1.29 is 43.7 Å². The van der Waals surface area contributed by atoms with Gasteiger partial charge in [0, 0.05) is 12.5 Å². The summed E-state index contributed by atoms with van der Waals surface area (Å²) in [6.07, 6.45) is -4.39. The second kappa shape index (κ2) is 12.0. The highest BCUT2D eigenvalue weighted by Gasteiger charge is 2.57. The number of aliphatic hydroxyl groups is 2. The zero-order valence-electron chi connectivity index (χ0n) is 19.8. The van der Waals surface area contributed by atoms with Crippen LogP contribution in [0.4, 0.5) is 0 Å². The first-order chi connectivity index (χ1) is 17.7. The average molecular weight is 504 g/mol. The van der Waals surface area contributed by atoms with Crippen molar-refractivity contribution in [2.24, 2.45) is 0 Å². The first-order valence-electron chi connectivity index (χ1n) is 11.2. The van der Waals surface area contributed by atoms with Crippen LogP contribution < -0.4 is 0 Å². The number of aliphatic hydroxyl groups excluding tert-OH is 1. The summed E-state index contributed by atoms with van der Waals surface area (Å²) in [4.78, 5) is 63.7. The molecule has 3 rings (SSSR count). The van der Waals surface area contributed by atoms with Crippen molar-refractivity contribution in [3.8, 4) is 0 Å². The van der Waals surface area contributed by atoms with Gasteiger partial charge >= 0.3 is 11.9 Å². The van der Waals surface area contributed by atoms with Gasteiger partial charge in [0.05, 0.1) is 11.1 Å². The van der Waals surface area contributed by atoms with Crippen molar-refractivity contribution in [1.29, 1.82) is 0 Å². The highest BCUT2D eigenvalue weighted by Crippen LogP contribution is 2.27. The molecular formula is C28H24O9. The fraction of sp³-hybridized carbons (Fsp3) is 0.179. The lowest BCUT2D eigenvalue weighted by atomic mass is 9.80. The predicted molar refractivity (Wildman–Crippen MR) is 130 cm³/mol. The van der Waals surface area contributed by atoms with Gasteiger partial charge in [0.25, 0.3) is 0 Å². The number of rotatable bonds is 11. The van der Waals surface area contributed by atoms with E-state index >= 15 is 0 Å². The molecule has 190 valence electrons. The number of benzene rings is 3. The van der Waals surface area contributed by atoms with Crippen LogP contribution in [0.15, 0.2) is 91.0 Å². The van der Waals surface area contributed by atoms with Crippen molar-refractivity contribution >= 4 is 29.3 Å². The van der Waals surface area contributed by atoms with Gasteiger partial charge in [0.15, 0.2) is 11.9 Å². The zero-order valence-corrected chi connectivity index (χ0v) is 19.8. The Hall–Kier alpha value is -4.47. The van der Waals surface area contributed by atoms with Gasteiger partial charge < -0.3 is 19.7 Å². The highest BCUT2D eigenvalue weighted by molar-refractivity contribution is 6.45. The van der Waals surface area contributed by atoms with Gasteiger partial charge in [-0.3, -0.25) is 14.4 Å². The van der Waals surface area contributed by atoms with Crippen LogP contribution in [0.1, 0.15) is 38.0 Å². The van der Waals surface area contributed by atoms with Gasteiger partial charge in [-0.2, -0.15) is 0 Å². The van der Waals surface area contributed by atoms with E-state index in [1.54, 1.807) is 30.3 Å². The molecule has 37 heavy (non-hydrogen) atoms. The molecule has 0 radical (unpaired) electrons. The minimum Gasteiger partial charge on any atom is -0.459 e. The quantitative estimate of drug-likeness (QED) is 0.174. The van der Waals surface area contributed by atoms with Crippen molar-refractivity contribution in [2.45, 2.75) is 24.7 Å². The fourth-order valence-corrected chi connectivity index (χ4v) is 3.55. The SMILES string of the molecule is CC(=O)C(=O)[C@](O)(C(=O)c1ccccc1)[C@@H](OC(=O)c1ccccc1)[C@@H](O)COC(=O)c1ccccc1. The minimum atomic E-state index is -3.32. The van der Waals surface area contributed by atoms with E-state index in [1.165, 1.54) is 60.7 Å². The van der Waals surface area contributed by atoms with E-state index < -0.39 is 53.7 Å². The Morgan fingerprint density at radius 2 is 1.16 bits per heavy atom. The molecule has 9 heteroatoms. The molecule has 0 aromatic heterocycles. The van der Waals surface area contributed by atoms with E-state index in [9.17, 15) is 34.2 Å². The molecule has 3 atom stereocenters. The van der Waals surface area contributed by atoms with E-state index in [0.29, 0.717) is 0 Å². The third-order valence-corrected chi connectivity index (χ3v) is 5.45. The van der Waals surface area contributed by atoms with Gasteiger partial charge in [-0.25, -0.2) is 9.59 Å². The van der Waals surface area contributed by atoms with Crippen LogP contribution in [0.5, 0.6) is 0 Å². The normalized spacial score (nSPS) is 13.9. The maximum atomic E-state index is 13.4. The highest BCUT2D eigenvalue weighted by atomic mass is 16.6. The lowest BCUT2D eigenvalue weighted by molar-refractivity contribution is -0.160. The van der Waals surface area contributed by atoms with Crippen molar-refractivity contribution in [3.05, 3.63) is 108 Å². The Kier molecular flexibility index (Phi) is 8.78. The summed E-state index contributed by atoms with van der Waals surface area (Å²) in [5.74, 6) is -6.08. The van der Waals surface area contributed by atoms with E-state index in [0.717, 1.165) is 6.92 Å². The van der Waals surface area contributed by atoms with Gasteiger partial charge in [0.2, 0.25) is 17.2 Å². The summed E-state index contributed by atoms with van der Waals surface area (Å²) in [5.41, 5.74) is -3.39. The molecule has 9 nitrogen and oxygen atoms in total. The van der Waals surface area contributed by atoms with Gasteiger partial charge in [0.1, 0.15) is 12.7 Å². The topological polar surface area (TPSA) is 144 Å². The molecule has 0 aliphatic heterocycles. The molecule has 3 aromatic rings. The summed E-state index contributed by atoms with van der Waals surface area (Å²) in [7, 11) is 0. The smallest absolute Gasteiger partial charge is 0.338 e. The molecule has 0 amide bonds. The summed E-state index contributed by atoms with van der Waals surface area (Å²) >= 11 is 0. The lowest BCUT2D eigenvalue weighted by Crippen LogP contribution is -2.63. The van der Waals surface area contributed by atoms with Gasteiger partial charge in [-0.15, -0.1) is 0 Å². The number of ketones is 3. The number of hydrogen-bond acceptors (Lipinski definition) is 9. The van der Waals surface area contributed by atoms with E-state index in [2.05, 4.69) is 0 Å². The molecule has 0 saturated heterocycles. The van der Waals surface area contributed by atoms with Crippen molar-refractivity contribution in [3.63, 3.8) is 0 Å². The summed E-state index contributed by atoms with van der Waals surface area (Å²) in [6.45, 7) is -0.0561. The molecule has 0 aliphatic carbocycles. The molecule has 0 fully saturated rings. The summed E-state index contributed by atoms with van der Waals surface area (Å²) in [6, 6.07) is 22.2. The summed E-state index contributed by atoms with van der Waals surface area (Å²) < 4.78 is 10.4. The van der Waals surface area contributed by atoms with E-state index in [-0.39, 0.29) is 16.7 Å². The number of Topliss-reactive ketones (excluding diaryl/α,β-unsaturated/α-hetero) is 3. The Balaban J connectivity index is 2.01. The van der Waals surface area contributed by atoms with E-state index in [1.807, 2.05) is 0 Å². The van der Waals surface area contributed by atoms with Crippen LogP contribution in [0.2, 0.25) is 0 Å². The molecule has 0 aliphatic rings. The molecule has 0 spiro atoms. The first kappa shape index (κ1) is 27.1. The maximum Gasteiger partial charge on any atom is 0.338 e. The zero-order chi connectivity index (χ0) is 27.0. The molecular weight excluding hydrogens is 480 g/mol. The molecule has 2 N–H and O–H groups in total. The van der Waals surface area contributed by atoms with Crippen LogP contribution in [0.3, 0.4) is 0 Å². The third-order valence-electron chi connectivity index (χ3n) is 5.45. The monoisotopic (exact) mass is 504 g/mol. The largest absolute Gasteiger partial charge is 0.459 e. The Bertz CT molecular complexity index is 1270. The van der Waals surface area contributed by atoms with Crippen molar-refractivity contribution in [2.75, 3.05) is 6.61 Å². The second-order valence-electron chi connectivity index (χ2n) is 8.07. The van der Waals surface area contributed by atoms with Gasteiger partial charge in [-0.1, -0.05) is 66.7 Å². The molecule has 0 heterocycles. The Labute approximate surface area is 212 Å². The average Bonchev–Trinajstić information content (AvgIpc) is 2.94. The third kappa shape index (κ3) is 6.21. The van der Waals surface area contributed by atoms with Crippen LogP contribution in [0, 0.1) is 0 Å². The van der Waals surface area contributed by atoms with Crippen LogP contribution in [-0.4, -0.2) is 63.9 Å². The van der Waals surface area contributed by atoms with Crippen LogP contribution >= 0.6 is 0 Å². The Morgan fingerprint density at radius 1 is 0.730 bits per heavy atom. The van der Waals surface area contributed by atoms with Crippen molar-refractivity contribution in [1.82, 2.24) is 0 Å². The van der Waals surface area contributed by atoms with Gasteiger partial charge in [-0.05, 0) is 24.3 Å². The molecule has 3 aromatic carbocycles. The number of hydrogen-bond donors (Lipinski definition) is 2. The number of carbonyl (C=O) groups excluding carboxylic acids is 5. The Morgan fingerprint density at radius 3 is 1.62 bits per heavy atom. The number of esters is 2. The standard InChI is InChI=1S/C28H24O9/c1-18(29)23(31)28(35,24(32)19-11-5-2-6-12-19)25(37-27(34)21-15-9-4-10-16-21)22(30)17-36-26(33)20-13-7-3-8-14-20/h2-16,22,25,30,35H,17H2,1H3/t22-,25-,28-/m0/s1. The first-order valence-corrected chi connectivity index (χ1v) is 11.2. The summed E-state index contributed by atoms with van der Waals surface area (Å²) in [5, 5.41) is 22.4. The minimum absolute atomic E-state index is 0.0224. The lowest BCUT2D eigenvalue weighted by Gasteiger charge is -2.35. The molecule has 0 saturated carbocycles. The van der Waals surface area contributed by atoms with Crippen LogP contribution in [0.25, 0.3) is 0 Å². The van der Waals surface area contributed by atoms with Crippen LogP contribution in [-0.2, 0) is 19.1 Å². The second-order valence-corrected chi connectivity index (χ2v) is 8.07. The van der Waals surface area contributed by atoms with E-state index in [4.69, 9.17) is 9.47 Å².